The summed E-state index contributed by atoms with van der Waals surface area (Å²) in [5, 5.41) is 2.76. The van der Waals surface area contributed by atoms with E-state index >= 15 is 0 Å². The molecule has 0 radical (unpaired) electrons. The van der Waals surface area contributed by atoms with Crippen LogP contribution >= 0.6 is 0 Å². The molecule has 11 heavy (non-hydrogen) atoms. The van der Waals surface area contributed by atoms with Crippen LogP contribution in [0.1, 0.15) is 19.3 Å². The number of nitrogens with one attached hydrogen (secondary N) is 1. The summed E-state index contributed by atoms with van der Waals surface area (Å²) in [7, 11) is -2.85. The van der Waals surface area contributed by atoms with Crippen molar-refractivity contribution in [1.82, 2.24) is 5.32 Å². The van der Waals surface area contributed by atoms with Gasteiger partial charge in [-0.1, -0.05) is 6.42 Å². The van der Waals surface area contributed by atoms with Gasteiger partial charge in [-0.2, -0.15) is 0 Å². The van der Waals surface area contributed by atoms with Gasteiger partial charge in [-0.05, 0) is 12.8 Å². The quantitative estimate of drug-likeness (QED) is 0.616. The summed E-state index contributed by atoms with van der Waals surface area (Å²) in [6, 6.07) is 0. The van der Waals surface area contributed by atoms with E-state index in [4.69, 9.17) is 0 Å². The minimum Gasteiger partial charge on any atom is -0.300 e. The van der Waals surface area contributed by atoms with Crippen LogP contribution < -0.4 is 5.32 Å². The number of hydrogen-bond acceptors (Lipinski definition) is 3. The average Bonchev–Trinajstić information content (AvgIpc) is 1.49. The molecule has 2 rings (SSSR count). The maximum Gasteiger partial charge on any atom is 0.163 e. The van der Waals surface area contributed by atoms with E-state index in [2.05, 4.69) is 5.32 Å². The molecule has 0 aromatic rings. The minimum absolute atomic E-state index is 0.146. The van der Waals surface area contributed by atoms with Crippen LogP contribution in [-0.4, -0.2) is 26.6 Å². The van der Waals surface area contributed by atoms with Crippen molar-refractivity contribution in [3.8, 4) is 0 Å². The molecule has 1 spiro atoms. The average molecular weight is 175 g/mol. The Bertz CT molecular complexity index is 261. The predicted octanol–water partition coefficient (Wildman–Crippen LogP) is 0.131. The molecule has 2 aliphatic rings. The van der Waals surface area contributed by atoms with Crippen LogP contribution in [-0.2, 0) is 9.84 Å². The van der Waals surface area contributed by atoms with E-state index < -0.39 is 9.84 Å². The summed E-state index contributed by atoms with van der Waals surface area (Å²) in [5.74, 6) is 0. The lowest BCUT2D eigenvalue weighted by molar-refractivity contribution is 0.0366. The van der Waals surface area contributed by atoms with E-state index in [9.17, 15) is 8.42 Å². The highest BCUT2D eigenvalue weighted by molar-refractivity contribution is 7.91. The summed E-state index contributed by atoms with van der Waals surface area (Å²) in [5.41, 5.74) is 0.146. The highest BCUT2D eigenvalue weighted by atomic mass is 32.2. The van der Waals surface area contributed by atoms with Crippen LogP contribution in [0.4, 0.5) is 0 Å². The normalized spacial score (nSPS) is 34.5. The summed E-state index contributed by atoms with van der Waals surface area (Å²) in [4.78, 5) is 0. The second-order valence-corrected chi connectivity index (χ2v) is 5.94. The Morgan fingerprint density at radius 1 is 1.45 bits per heavy atom. The maximum atomic E-state index is 11.2. The smallest absolute Gasteiger partial charge is 0.163 e. The van der Waals surface area contributed by atoms with Crippen LogP contribution in [0.3, 0.4) is 0 Å². The zero-order valence-electron chi connectivity index (χ0n) is 6.63. The summed E-state index contributed by atoms with van der Waals surface area (Å²) < 4.78 is 22.3. The lowest BCUT2D eigenvalue weighted by Crippen LogP contribution is -2.68. The molecule has 1 heterocycles. The summed E-state index contributed by atoms with van der Waals surface area (Å²) in [6.45, 7) is 0.907. The van der Waals surface area contributed by atoms with Gasteiger partial charge in [-0.3, -0.25) is 0 Å². The molecule has 1 atom stereocenters. The van der Waals surface area contributed by atoms with Crippen molar-refractivity contribution < 1.29 is 8.42 Å². The van der Waals surface area contributed by atoms with E-state index in [0.29, 0.717) is 0 Å². The Morgan fingerprint density at radius 3 is 2.18 bits per heavy atom. The van der Waals surface area contributed by atoms with Gasteiger partial charge in [0.2, 0.25) is 0 Å². The van der Waals surface area contributed by atoms with E-state index in [1.165, 1.54) is 12.7 Å². The Morgan fingerprint density at radius 2 is 2.09 bits per heavy atom. The van der Waals surface area contributed by atoms with Crippen LogP contribution in [0.15, 0.2) is 0 Å². The van der Waals surface area contributed by atoms with Gasteiger partial charge in [0.25, 0.3) is 0 Å². The summed E-state index contributed by atoms with van der Waals surface area (Å²) >= 11 is 0. The second-order valence-electron chi connectivity index (χ2n) is 3.81. The third kappa shape index (κ3) is 0.924. The molecule has 1 N–H and O–H groups in total. The van der Waals surface area contributed by atoms with Crippen molar-refractivity contribution >= 4 is 9.84 Å². The fourth-order valence-corrected chi connectivity index (χ4v) is 3.76. The van der Waals surface area contributed by atoms with Crippen LogP contribution in [0.2, 0.25) is 0 Å². The van der Waals surface area contributed by atoms with E-state index in [-0.39, 0.29) is 10.8 Å². The lowest BCUT2D eigenvalue weighted by Gasteiger charge is -2.55. The fourth-order valence-electron chi connectivity index (χ4n) is 2.15. The van der Waals surface area contributed by atoms with Crippen molar-refractivity contribution in [3.63, 3.8) is 0 Å². The molecular weight excluding hydrogens is 162 g/mol. The lowest BCUT2D eigenvalue weighted by atomic mass is 9.64. The van der Waals surface area contributed by atoms with Gasteiger partial charge < -0.3 is 5.32 Å². The van der Waals surface area contributed by atoms with Gasteiger partial charge in [0, 0.05) is 18.2 Å². The molecule has 0 aromatic heterocycles. The molecule has 1 unspecified atom stereocenters. The van der Waals surface area contributed by atoms with Crippen molar-refractivity contribution in [2.45, 2.75) is 24.6 Å². The molecule has 64 valence electrons. The molecule has 1 aliphatic carbocycles. The monoisotopic (exact) mass is 175 g/mol. The largest absolute Gasteiger partial charge is 0.300 e. The minimum atomic E-state index is -2.85. The van der Waals surface area contributed by atoms with Crippen LogP contribution in [0.25, 0.3) is 0 Å². The SMILES string of the molecule is CS(=O)(=O)C1NCC12CCC2. The Labute approximate surface area is 67.1 Å². The first-order valence-corrected chi connectivity index (χ1v) is 5.92. The van der Waals surface area contributed by atoms with Gasteiger partial charge in [0.15, 0.2) is 9.84 Å². The van der Waals surface area contributed by atoms with Gasteiger partial charge in [0.05, 0.1) is 0 Å². The third-order valence-corrected chi connectivity index (χ3v) is 4.50. The topological polar surface area (TPSA) is 46.2 Å². The summed E-state index contributed by atoms with van der Waals surface area (Å²) in [6.07, 6.45) is 4.72. The van der Waals surface area contributed by atoms with Crippen molar-refractivity contribution in [2.75, 3.05) is 12.8 Å². The first-order valence-electron chi connectivity index (χ1n) is 3.97. The Kier molecular flexibility index (Phi) is 1.36. The Hall–Kier alpha value is -0.0900. The van der Waals surface area contributed by atoms with E-state index in [0.717, 1.165) is 19.4 Å². The number of hydrogen-bond donors (Lipinski definition) is 1. The zero-order valence-corrected chi connectivity index (χ0v) is 7.45. The van der Waals surface area contributed by atoms with Crippen molar-refractivity contribution in [3.05, 3.63) is 0 Å². The van der Waals surface area contributed by atoms with Gasteiger partial charge in [0.1, 0.15) is 5.37 Å². The molecule has 0 amide bonds. The molecule has 4 heteroatoms. The molecule has 0 aromatic carbocycles. The van der Waals surface area contributed by atoms with Crippen LogP contribution in [0.5, 0.6) is 0 Å². The molecule has 1 aliphatic heterocycles. The maximum absolute atomic E-state index is 11.2. The van der Waals surface area contributed by atoms with Crippen molar-refractivity contribution in [2.24, 2.45) is 5.41 Å². The zero-order chi connectivity index (χ0) is 8.11. The van der Waals surface area contributed by atoms with Crippen molar-refractivity contribution in [1.29, 1.82) is 0 Å². The molecule has 3 nitrogen and oxygen atoms in total. The van der Waals surface area contributed by atoms with Gasteiger partial charge in [-0.25, -0.2) is 8.42 Å². The number of sulfone groups is 1. The first kappa shape index (κ1) is 7.55. The fraction of sp³-hybridized carbons (Fsp3) is 1.00. The second kappa shape index (κ2) is 1.98. The third-order valence-electron chi connectivity index (χ3n) is 2.97. The predicted molar refractivity (Wildman–Crippen MR) is 42.9 cm³/mol. The molecule has 0 bridgehead atoms. The van der Waals surface area contributed by atoms with E-state index in [1.807, 2.05) is 0 Å². The highest BCUT2D eigenvalue weighted by Crippen LogP contribution is 2.49. The van der Waals surface area contributed by atoms with E-state index in [1.54, 1.807) is 0 Å². The molecule has 1 saturated heterocycles. The molecule has 1 saturated carbocycles. The highest BCUT2D eigenvalue weighted by Gasteiger charge is 2.55. The number of rotatable bonds is 1. The van der Waals surface area contributed by atoms with Gasteiger partial charge in [-0.15, -0.1) is 0 Å². The Balaban J connectivity index is 2.18. The standard InChI is InChI=1S/C7H13NO2S/c1-11(9,10)6-7(5-8-6)3-2-4-7/h6,8H,2-5H2,1H3. The van der Waals surface area contributed by atoms with Crippen LogP contribution in [0, 0.1) is 5.41 Å². The molecule has 2 fully saturated rings. The first-order chi connectivity index (χ1) is 5.05. The molecular formula is C7H13NO2S. The van der Waals surface area contributed by atoms with Gasteiger partial charge >= 0.3 is 0 Å².